The monoisotopic (exact) mass is 317 g/mol. The summed E-state index contributed by atoms with van der Waals surface area (Å²) in [5.41, 5.74) is 1.01. The van der Waals surface area contributed by atoms with E-state index in [1.54, 1.807) is 4.90 Å². The number of rotatable bonds is 7. The lowest BCUT2D eigenvalue weighted by molar-refractivity contribution is -0.142. The molecule has 1 N–H and O–H groups in total. The molecule has 0 aliphatic carbocycles. The Morgan fingerprint density at radius 1 is 1.22 bits per heavy atom. The van der Waals surface area contributed by atoms with Crippen LogP contribution < -0.4 is 0 Å². The fourth-order valence-electron chi connectivity index (χ4n) is 3.48. The van der Waals surface area contributed by atoms with E-state index in [-0.39, 0.29) is 17.7 Å². The molecule has 1 aliphatic rings. The summed E-state index contributed by atoms with van der Waals surface area (Å²) in [7, 11) is 0. The van der Waals surface area contributed by atoms with Crippen molar-refractivity contribution in [1.29, 1.82) is 0 Å². The zero-order valence-electron chi connectivity index (χ0n) is 14.1. The Kier molecular flexibility index (Phi) is 6.20. The van der Waals surface area contributed by atoms with Gasteiger partial charge in [0.1, 0.15) is 0 Å². The average Bonchev–Trinajstić information content (AvgIpc) is 3.01. The van der Waals surface area contributed by atoms with Crippen LogP contribution in [0.4, 0.5) is 0 Å². The molecule has 3 atom stereocenters. The quantitative estimate of drug-likeness (QED) is 0.837. The second-order valence-electron chi connectivity index (χ2n) is 6.45. The van der Waals surface area contributed by atoms with E-state index >= 15 is 0 Å². The summed E-state index contributed by atoms with van der Waals surface area (Å²) >= 11 is 0. The first kappa shape index (κ1) is 17.5. The number of carbonyl (C=O) groups is 2. The SMILES string of the molecule is CCCCC(CC)C(=O)N1C[C@H](C(=O)O)[C@H](c2ccccc2)C1. The fraction of sp³-hybridized carbons (Fsp3) is 0.579. The zero-order chi connectivity index (χ0) is 16.8. The molecule has 4 nitrogen and oxygen atoms in total. The summed E-state index contributed by atoms with van der Waals surface area (Å²) in [6.07, 6.45) is 3.84. The number of aliphatic carboxylic acids is 1. The van der Waals surface area contributed by atoms with Crippen molar-refractivity contribution in [2.24, 2.45) is 11.8 Å². The van der Waals surface area contributed by atoms with Gasteiger partial charge in [-0.15, -0.1) is 0 Å². The molecule has 126 valence electrons. The number of carboxylic acid groups (broad SMARTS) is 1. The Morgan fingerprint density at radius 2 is 1.91 bits per heavy atom. The molecule has 1 aromatic carbocycles. The Bertz CT molecular complexity index is 529. The van der Waals surface area contributed by atoms with Gasteiger partial charge in [-0.25, -0.2) is 0 Å². The summed E-state index contributed by atoms with van der Waals surface area (Å²) in [5, 5.41) is 9.54. The van der Waals surface area contributed by atoms with E-state index in [0.717, 1.165) is 31.2 Å². The molecule has 23 heavy (non-hydrogen) atoms. The van der Waals surface area contributed by atoms with Crippen molar-refractivity contribution in [1.82, 2.24) is 4.90 Å². The highest BCUT2D eigenvalue weighted by Crippen LogP contribution is 2.34. The highest BCUT2D eigenvalue weighted by molar-refractivity contribution is 5.81. The van der Waals surface area contributed by atoms with Crippen LogP contribution in [0.2, 0.25) is 0 Å². The number of hydrogen-bond acceptors (Lipinski definition) is 2. The van der Waals surface area contributed by atoms with Crippen molar-refractivity contribution >= 4 is 11.9 Å². The summed E-state index contributed by atoms with van der Waals surface area (Å²) in [5.74, 6) is -1.27. The smallest absolute Gasteiger partial charge is 0.308 e. The van der Waals surface area contributed by atoms with E-state index in [1.807, 2.05) is 37.3 Å². The molecule has 2 rings (SSSR count). The second kappa shape index (κ2) is 8.14. The third-order valence-corrected chi connectivity index (χ3v) is 4.92. The first-order valence-electron chi connectivity index (χ1n) is 8.65. The van der Waals surface area contributed by atoms with Gasteiger partial charge in [-0.05, 0) is 18.4 Å². The van der Waals surface area contributed by atoms with Crippen molar-refractivity contribution in [2.75, 3.05) is 13.1 Å². The molecule has 0 aromatic heterocycles. The largest absolute Gasteiger partial charge is 0.481 e. The first-order chi connectivity index (χ1) is 11.1. The number of unbranched alkanes of at least 4 members (excludes halogenated alkanes) is 1. The normalized spacial score (nSPS) is 22.1. The minimum atomic E-state index is -0.809. The average molecular weight is 317 g/mol. The highest BCUT2D eigenvalue weighted by Gasteiger charge is 2.41. The molecular weight excluding hydrogens is 290 g/mol. The number of benzene rings is 1. The van der Waals surface area contributed by atoms with Crippen LogP contribution in [0, 0.1) is 11.8 Å². The van der Waals surface area contributed by atoms with Crippen LogP contribution in [0.1, 0.15) is 51.0 Å². The lowest BCUT2D eigenvalue weighted by atomic mass is 9.89. The number of amides is 1. The minimum absolute atomic E-state index is 0.0268. The molecule has 1 fully saturated rings. The topological polar surface area (TPSA) is 57.6 Å². The predicted molar refractivity (Wildman–Crippen MR) is 90.2 cm³/mol. The molecule has 1 aromatic rings. The van der Waals surface area contributed by atoms with Crippen molar-refractivity contribution in [3.63, 3.8) is 0 Å². The number of hydrogen-bond donors (Lipinski definition) is 1. The zero-order valence-corrected chi connectivity index (χ0v) is 14.1. The molecule has 1 amide bonds. The van der Waals surface area contributed by atoms with Gasteiger partial charge in [-0.1, -0.05) is 57.0 Å². The number of likely N-dealkylation sites (tertiary alicyclic amines) is 1. The van der Waals surface area contributed by atoms with E-state index < -0.39 is 11.9 Å². The van der Waals surface area contributed by atoms with Crippen LogP contribution in [0.3, 0.4) is 0 Å². The third kappa shape index (κ3) is 4.12. The van der Waals surface area contributed by atoms with E-state index in [9.17, 15) is 14.7 Å². The minimum Gasteiger partial charge on any atom is -0.481 e. The van der Waals surface area contributed by atoms with Crippen LogP contribution >= 0.6 is 0 Å². The van der Waals surface area contributed by atoms with E-state index in [1.165, 1.54) is 0 Å². The lowest BCUT2D eigenvalue weighted by Gasteiger charge is -2.22. The summed E-state index contributed by atoms with van der Waals surface area (Å²) in [6, 6.07) is 9.70. The fourth-order valence-corrected chi connectivity index (χ4v) is 3.48. The molecular formula is C19H27NO3. The number of carboxylic acids is 1. The van der Waals surface area contributed by atoms with E-state index in [2.05, 4.69) is 6.92 Å². The van der Waals surface area contributed by atoms with Crippen LogP contribution in [-0.2, 0) is 9.59 Å². The molecule has 0 saturated carbocycles. The molecule has 0 bridgehead atoms. The van der Waals surface area contributed by atoms with Gasteiger partial charge in [0.2, 0.25) is 5.91 Å². The van der Waals surface area contributed by atoms with Gasteiger partial charge in [0.05, 0.1) is 5.92 Å². The van der Waals surface area contributed by atoms with Crippen LogP contribution in [0.25, 0.3) is 0 Å². The van der Waals surface area contributed by atoms with Crippen molar-refractivity contribution in [2.45, 2.75) is 45.4 Å². The lowest BCUT2D eigenvalue weighted by Crippen LogP contribution is -2.35. The van der Waals surface area contributed by atoms with E-state index in [0.29, 0.717) is 13.1 Å². The standard InChI is InChI=1S/C19H27NO3/c1-3-5-9-14(4-2)18(21)20-12-16(17(13-20)19(22)23)15-10-7-6-8-11-15/h6-8,10-11,14,16-17H,3-5,9,12-13H2,1-2H3,(H,22,23)/t14?,16-,17-/m0/s1. The molecule has 4 heteroatoms. The van der Waals surface area contributed by atoms with Gasteiger partial charge in [0.15, 0.2) is 0 Å². The van der Waals surface area contributed by atoms with Crippen molar-refractivity contribution in [3.8, 4) is 0 Å². The molecule has 1 aliphatic heterocycles. The van der Waals surface area contributed by atoms with Crippen molar-refractivity contribution < 1.29 is 14.7 Å². The summed E-state index contributed by atoms with van der Waals surface area (Å²) in [6.45, 7) is 5.01. The number of carbonyl (C=O) groups excluding carboxylic acids is 1. The molecule has 1 heterocycles. The second-order valence-corrected chi connectivity index (χ2v) is 6.45. The van der Waals surface area contributed by atoms with Gasteiger partial charge in [0, 0.05) is 24.9 Å². The maximum atomic E-state index is 12.8. The molecule has 1 saturated heterocycles. The molecule has 0 spiro atoms. The summed E-state index contributed by atoms with van der Waals surface area (Å²) in [4.78, 5) is 26.2. The van der Waals surface area contributed by atoms with Gasteiger partial charge >= 0.3 is 5.97 Å². The van der Waals surface area contributed by atoms with Crippen LogP contribution in [0.15, 0.2) is 30.3 Å². The van der Waals surface area contributed by atoms with Gasteiger partial charge in [-0.3, -0.25) is 9.59 Å². The first-order valence-corrected chi connectivity index (χ1v) is 8.65. The summed E-state index contributed by atoms with van der Waals surface area (Å²) < 4.78 is 0. The van der Waals surface area contributed by atoms with Crippen molar-refractivity contribution in [3.05, 3.63) is 35.9 Å². The Hall–Kier alpha value is -1.84. The van der Waals surface area contributed by atoms with Crippen LogP contribution in [-0.4, -0.2) is 35.0 Å². The Labute approximate surface area is 138 Å². The van der Waals surface area contributed by atoms with Gasteiger partial charge in [0.25, 0.3) is 0 Å². The maximum Gasteiger partial charge on any atom is 0.308 e. The number of nitrogens with zero attached hydrogens (tertiary/aromatic N) is 1. The predicted octanol–water partition coefficient (Wildman–Crippen LogP) is 3.53. The van der Waals surface area contributed by atoms with Crippen LogP contribution in [0.5, 0.6) is 0 Å². The third-order valence-electron chi connectivity index (χ3n) is 4.92. The highest BCUT2D eigenvalue weighted by atomic mass is 16.4. The van der Waals surface area contributed by atoms with Gasteiger partial charge in [-0.2, -0.15) is 0 Å². The Morgan fingerprint density at radius 3 is 2.48 bits per heavy atom. The molecule has 1 unspecified atom stereocenters. The molecule has 0 radical (unpaired) electrons. The van der Waals surface area contributed by atoms with Gasteiger partial charge < -0.3 is 10.0 Å². The van der Waals surface area contributed by atoms with E-state index in [4.69, 9.17) is 0 Å². The maximum absolute atomic E-state index is 12.8. The Balaban J connectivity index is 2.13.